The number of amides is 8. The van der Waals surface area contributed by atoms with E-state index in [0.29, 0.717) is 32.2 Å². The zero-order valence-electron chi connectivity index (χ0n) is 31.6. The number of aliphatic carboxylic acids is 1. The normalized spacial score (nSPS) is 23.6. The van der Waals surface area contributed by atoms with E-state index in [9.17, 15) is 48.3 Å². The third-order valence-electron chi connectivity index (χ3n) is 9.91. The zero-order valence-corrected chi connectivity index (χ0v) is 31.6. The number of likely N-dealkylation sites (tertiary alicyclic amines) is 3. The standard InChI is InChI=1S/C34H55N9O11/c1-16(35)31(50)41-13-7-10-22(41)28(47)36-17(2)26(45)38-19(4)32(51)42-14-8-12-24(42)30(49)40-25(21(6)44)33(52)43-15-9-11-23(43)29(48)37-18(3)27(46)39-20(5)34(53)54/h16-25,44H,7-15,35H2,1-6H3,(H,36,47)(H,37,48)(H,38,45)(H,39,46)(H,40,49)(H,53,54)/t16-,17-,18-,19-,20-,21+,22-,23-,24-,25-/m0/s1. The topological polar surface area (TPSA) is 290 Å². The van der Waals surface area contributed by atoms with Gasteiger partial charge in [-0.05, 0) is 80.1 Å². The minimum atomic E-state index is -1.48. The van der Waals surface area contributed by atoms with Crippen LogP contribution in [0.15, 0.2) is 0 Å². The lowest BCUT2D eigenvalue weighted by Gasteiger charge is -2.32. The number of carbonyl (C=O) groups excluding carboxylic acids is 8. The van der Waals surface area contributed by atoms with Gasteiger partial charge < -0.3 is 57.2 Å². The van der Waals surface area contributed by atoms with Crippen molar-refractivity contribution in [2.24, 2.45) is 5.73 Å². The van der Waals surface area contributed by atoms with Gasteiger partial charge in [0.15, 0.2) is 0 Å². The lowest BCUT2D eigenvalue weighted by atomic mass is 10.1. The largest absolute Gasteiger partial charge is 0.480 e. The Labute approximate surface area is 313 Å². The Balaban J connectivity index is 1.59. The van der Waals surface area contributed by atoms with Crippen molar-refractivity contribution in [3.8, 4) is 0 Å². The number of carbonyl (C=O) groups is 9. The summed E-state index contributed by atoms with van der Waals surface area (Å²) in [5.74, 6) is -6.28. The molecular formula is C34H55N9O11. The van der Waals surface area contributed by atoms with Gasteiger partial charge in [-0.15, -0.1) is 0 Å². The van der Waals surface area contributed by atoms with Crippen LogP contribution in [0.1, 0.15) is 80.1 Å². The van der Waals surface area contributed by atoms with Gasteiger partial charge >= 0.3 is 5.97 Å². The molecule has 3 rings (SSSR count). The van der Waals surface area contributed by atoms with E-state index in [1.807, 2.05) is 0 Å². The monoisotopic (exact) mass is 765 g/mol. The molecule has 3 aliphatic heterocycles. The molecule has 302 valence electrons. The molecule has 0 unspecified atom stereocenters. The second-order valence-corrected chi connectivity index (χ2v) is 14.3. The third kappa shape index (κ3) is 10.6. The molecule has 3 heterocycles. The van der Waals surface area contributed by atoms with Crippen LogP contribution >= 0.6 is 0 Å². The molecular weight excluding hydrogens is 710 g/mol. The van der Waals surface area contributed by atoms with Crippen LogP contribution in [0.25, 0.3) is 0 Å². The maximum atomic E-state index is 13.7. The summed E-state index contributed by atoms with van der Waals surface area (Å²) in [4.78, 5) is 120. The summed E-state index contributed by atoms with van der Waals surface area (Å²) in [6, 6.07) is -9.59. The van der Waals surface area contributed by atoms with Gasteiger partial charge in [0.2, 0.25) is 47.3 Å². The fraction of sp³-hybridized carbons (Fsp3) is 0.735. The Morgan fingerprint density at radius 3 is 1.30 bits per heavy atom. The Kier molecular flexibility index (Phi) is 15.3. The molecule has 0 aromatic rings. The molecule has 0 bridgehead atoms. The predicted molar refractivity (Wildman–Crippen MR) is 190 cm³/mol. The van der Waals surface area contributed by atoms with Crippen molar-refractivity contribution in [2.45, 2.75) is 141 Å². The lowest BCUT2D eigenvalue weighted by Crippen LogP contribution is -2.61. The Morgan fingerprint density at radius 1 is 0.537 bits per heavy atom. The van der Waals surface area contributed by atoms with Crippen molar-refractivity contribution in [1.29, 1.82) is 0 Å². The molecule has 10 atom stereocenters. The summed E-state index contributed by atoms with van der Waals surface area (Å²) < 4.78 is 0. The number of nitrogens with zero attached hydrogens (tertiary/aromatic N) is 3. The smallest absolute Gasteiger partial charge is 0.325 e. The molecule has 0 radical (unpaired) electrons. The van der Waals surface area contributed by atoms with Gasteiger partial charge in [0.1, 0.15) is 48.3 Å². The van der Waals surface area contributed by atoms with Gasteiger partial charge in [-0.1, -0.05) is 0 Å². The SMILES string of the molecule is C[C@H](N)C(=O)N1CCC[C@H]1C(=O)N[C@@H](C)C(=O)N[C@@H](C)C(=O)N1CCC[C@H]1C(=O)N[C@H](C(=O)N1CCC[C@H]1C(=O)N[C@@H](C)C(=O)N[C@@H](C)C(=O)O)[C@@H](C)O. The van der Waals surface area contributed by atoms with Crippen molar-refractivity contribution >= 4 is 53.2 Å². The summed E-state index contributed by atoms with van der Waals surface area (Å²) >= 11 is 0. The maximum Gasteiger partial charge on any atom is 0.325 e. The summed E-state index contributed by atoms with van der Waals surface area (Å²) in [6.07, 6.45) is 0.949. The van der Waals surface area contributed by atoms with Crippen molar-refractivity contribution < 1.29 is 53.4 Å². The highest BCUT2D eigenvalue weighted by Crippen LogP contribution is 2.22. The van der Waals surface area contributed by atoms with E-state index >= 15 is 0 Å². The average Bonchev–Trinajstić information content (AvgIpc) is 3.90. The zero-order chi connectivity index (χ0) is 40.6. The van der Waals surface area contributed by atoms with Crippen molar-refractivity contribution in [3.63, 3.8) is 0 Å². The number of nitrogens with one attached hydrogen (secondary N) is 5. The quantitative estimate of drug-likeness (QED) is 0.0799. The van der Waals surface area contributed by atoms with Gasteiger partial charge in [-0.25, -0.2) is 0 Å². The molecule has 3 aliphatic rings. The second-order valence-electron chi connectivity index (χ2n) is 14.3. The Bertz CT molecular complexity index is 1470. The molecule has 54 heavy (non-hydrogen) atoms. The molecule has 0 spiro atoms. The number of hydrogen-bond donors (Lipinski definition) is 8. The predicted octanol–water partition coefficient (Wildman–Crippen LogP) is -3.72. The highest BCUT2D eigenvalue weighted by atomic mass is 16.4. The first-order chi connectivity index (χ1) is 25.3. The Hall–Kier alpha value is -4.85. The van der Waals surface area contributed by atoms with Crippen LogP contribution in [-0.2, 0) is 43.2 Å². The molecule has 20 nitrogen and oxygen atoms in total. The van der Waals surface area contributed by atoms with Crippen LogP contribution in [0.5, 0.6) is 0 Å². The highest BCUT2D eigenvalue weighted by molar-refractivity contribution is 5.98. The molecule has 3 fully saturated rings. The fourth-order valence-corrected chi connectivity index (χ4v) is 6.79. The van der Waals surface area contributed by atoms with Crippen LogP contribution in [-0.4, -0.2) is 158 Å². The molecule has 8 amide bonds. The van der Waals surface area contributed by atoms with Crippen LogP contribution in [0.2, 0.25) is 0 Å². The number of aliphatic hydroxyl groups is 1. The van der Waals surface area contributed by atoms with Gasteiger partial charge in [-0.3, -0.25) is 43.2 Å². The second kappa shape index (κ2) is 19.0. The number of carboxylic acids is 1. The lowest BCUT2D eigenvalue weighted by molar-refractivity contribution is -0.146. The maximum absolute atomic E-state index is 13.7. The van der Waals surface area contributed by atoms with Crippen molar-refractivity contribution in [3.05, 3.63) is 0 Å². The fourth-order valence-electron chi connectivity index (χ4n) is 6.79. The van der Waals surface area contributed by atoms with Crippen molar-refractivity contribution in [1.82, 2.24) is 41.3 Å². The third-order valence-corrected chi connectivity index (χ3v) is 9.91. The highest BCUT2D eigenvalue weighted by Gasteiger charge is 2.43. The van der Waals surface area contributed by atoms with E-state index in [1.54, 1.807) is 0 Å². The molecule has 0 aliphatic carbocycles. The number of rotatable bonds is 15. The minimum Gasteiger partial charge on any atom is -0.480 e. The van der Waals surface area contributed by atoms with Crippen LogP contribution in [0.4, 0.5) is 0 Å². The number of aliphatic hydroxyl groups excluding tert-OH is 1. The summed E-state index contributed by atoms with van der Waals surface area (Å²) in [5, 5.41) is 32.0. The first-order valence-electron chi connectivity index (χ1n) is 18.4. The molecule has 0 saturated carbocycles. The first-order valence-corrected chi connectivity index (χ1v) is 18.4. The summed E-state index contributed by atoms with van der Waals surface area (Å²) in [6.45, 7) is 8.98. The van der Waals surface area contributed by atoms with Crippen LogP contribution < -0.4 is 32.3 Å². The van der Waals surface area contributed by atoms with Gasteiger partial charge in [0.05, 0.1) is 12.1 Å². The minimum absolute atomic E-state index is 0.126. The molecule has 0 aromatic carbocycles. The van der Waals surface area contributed by atoms with Crippen molar-refractivity contribution in [2.75, 3.05) is 19.6 Å². The van der Waals surface area contributed by atoms with E-state index < -0.39 is 108 Å². The van der Waals surface area contributed by atoms with E-state index in [4.69, 9.17) is 10.8 Å². The Morgan fingerprint density at radius 2 is 0.907 bits per heavy atom. The summed E-state index contributed by atoms with van der Waals surface area (Å²) in [7, 11) is 0. The van der Waals surface area contributed by atoms with E-state index in [0.717, 1.165) is 0 Å². The van der Waals surface area contributed by atoms with E-state index in [1.165, 1.54) is 56.2 Å². The molecule has 0 aromatic heterocycles. The number of nitrogens with two attached hydrogens (primary N) is 1. The van der Waals surface area contributed by atoms with Gasteiger partial charge in [0.25, 0.3) is 0 Å². The first kappa shape index (κ1) is 43.6. The molecule has 20 heteroatoms. The summed E-state index contributed by atoms with van der Waals surface area (Å²) in [5.41, 5.74) is 5.71. The number of hydrogen-bond acceptors (Lipinski definition) is 11. The van der Waals surface area contributed by atoms with E-state index in [-0.39, 0.29) is 31.8 Å². The van der Waals surface area contributed by atoms with E-state index in [2.05, 4.69) is 26.6 Å². The molecule has 9 N–H and O–H groups in total. The average molecular weight is 766 g/mol. The van der Waals surface area contributed by atoms with Gasteiger partial charge in [-0.2, -0.15) is 0 Å². The van der Waals surface area contributed by atoms with Crippen LogP contribution in [0.3, 0.4) is 0 Å². The number of carboxylic acid groups (broad SMARTS) is 1. The molecule has 3 saturated heterocycles. The van der Waals surface area contributed by atoms with Crippen LogP contribution in [0, 0.1) is 0 Å². The van der Waals surface area contributed by atoms with Gasteiger partial charge in [0, 0.05) is 19.6 Å².